The van der Waals surface area contributed by atoms with E-state index >= 15 is 0 Å². The van der Waals surface area contributed by atoms with Gasteiger partial charge in [-0.2, -0.15) is 0 Å². The topological polar surface area (TPSA) is 93.4 Å². The average Bonchev–Trinajstić information content (AvgIpc) is 3.12. The average molecular weight is 475 g/mol. The van der Waals surface area contributed by atoms with Crippen LogP contribution in [0.25, 0.3) is 5.65 Å². The number of hydrogen-bond donors (Lipinski definition) is 1. The maximum Gasteiger partial charge on any atom is 0.198 e. The number of allylic oxidation sites excluding steroid dienone is 1. The number of halogens is 1. The summed E-state index contributed by atoms with van der Waals surface area (Å²) in [6.45, 7) is 5.74. The fourth-order valence-electron chi connectivity index (χ4n) is 3.38. The van der Waals surface area contributed by atoms with E-state index in [-0.39, 0.29) is 24.2 Å². The number of carbonyl (C=O) groups is 1. The first-order chi connectivity index (χ1) is 15.0. The molecule has 0 aliphatic rings. The highest BCUT2D eigenvalue weighted by molar-refractivity contribution is 7.93. The zero-order valence-electron chi connectivity index (χ0n) is 18.5. The Morgan fingerprint density at radius 1 is 1.28 bits per heavy atom. The summed E-state index contributed by atoms with van der Waals surface area (Å²) in [5, 5.41) is 5.24. The predicted octanol–water partition coefficient (Wildman–Crippen LogP) is 5.02. The lowest BCUT2D eigenvalue weighted by Gasteiger charge is -2.17. The number of anilines is 1. The van der Waals surface area contributed by atoms with Crippen LogP contribution < -0.4 is 5.32 Å². The van der Waals surface area contributed by atoms with E-state index < -0.39 is 9.84 Å². The molecule has 0 fully saturated rings. The number of imidazole rings is 1. The van der Waals surface area contributed by atoms with E-state index in [0.717, 1.165) is 17.5 Å². The van der Waals surface area contributed by atoms with Crippen molar-refractivity contribution in [3.05, 3.63) is 70.2 Å². The molecule has 2 heterocycles. The molecule has 9 heteroatoms. The second-order valence-corrected chi connectivity index (χ2v) is 10.4. The molecule has 0 spiro atoms. The number of aryl methyl sites for hydroxylation is 1. The van der Waals surface area contributed by atoms with Gasteiger partial charge in [0, 0.05) is 29.3 Å². The molecule has 2 atom stereocenters. The number of benzene rings is 1. The highest BCUT2D eigenvalue weighted by Crippen LogP contribution is 2.27. The highest BCUT2D eigenvalue weighted by atomic mass is 35.5. The summed E-state index contributed by atoms with van der Waals surface area (Å²) in [6.07, 6.45) is 6.92. The number of sulfone groups is 1. The van der Waals surface area contributed by atoms with E-state index in [1.807, 2.05) is 45.0 Å². The molecule has 3 aromatic rings. The molecule has 1 aromatic carbocycles. The maximum atomic E-state index is 12.9. The number of rotatable bonds is 9. The van der Waals surface area contributed by atoms with Gasteiger partial charge in [-0.1, -0.05) is 42.8 Å². The molecule has 3 rings (SSSR count). The Labute approximate surface area is 193 Å². The number of Topliss-reactive ketones (excluding diaryl/α,β-unsaturated/α-hetero) is 1. The minimum absolute atomic E-state index is 0.0499. The monoisotopic (exact) mass is 474 g/mol. The number of ketones is 1. The lowest BCUT2D eigenvalue weighted by atomic mass is 10.0. The lowest BCUT2D eigenvalue weighted by molar-refractivity contribution is 0.0965. The Balaban J connectivity index is 1.81. The van der Waals surface area contributed by atoms with Gasteiger partial charge in [0.05, 0.1) is 23.6 Å². The first kappa shape index (κ1) is 23.9. The third kappa shape index (κ3) is 5.95. The molecule has 0 bridgehead atoms. The Bertz CT molecular complexity index is 1270. The summed E-state index contributed by atoms with van der Waals surface area (Å²) < 4.78 is 24.3. The van der Waals surface area contributed by atoms with Gasteiger partial charge in [-0.05, 0) is 37.8 Å². The van der Waals surface area contributed by atoms with Crippen molar-refractivity contribution in [2.75, 3.05) is 11.6 Å². The third-order valence-corrected chi connectivity index (χ3v) is 6.08. The minimum atomic E-state index is -3.18. The van der Waals surface area contributed by atoms with Crippen molar-refractivity contribution in [2.24, 2.45) is 5.92 Å². The molecule has 1 N–H and O–H groups in total. The summed E-state index contributed by atoms with van der Waals surface area (Å²) in [4.78, 5) is 21.9. The molecule has 2 aromatic heterocycles. The number of nitrogens with zero attached hydrogens (tertiary/aromatic N) is 3. The highest BCUT2D eigenvalue weighted by Gasteiger charge is 2.18. The van der Waals surface area contributed by atoms with Crippen LogP contribution in [0.4, 0.5) is 5.69 Å². The van der Waals surface area contributed by atoms with Gasteiger partial charge in [-0.3, -0.25) is 9.20 Å². The first-order valence-corrected chi connectivity index (χ1v) is 12.7. The summed E-state index contributed by atoms with van der Waals surface area (Å²) >= 11 is 6.32. The zero-order valence-corrected chi connectivity index (χ0v) is 20.1. The van der Waals surface area contributed by atoms with Crippen LogP contribution in [0, 0.1) is 12.8 Å². The molecule has 0 saturated carbocycles. The lowest BCUT2D eigenvalue weighted by Crippen LogP contribution is -2.13. The number of fused-ring (bicyclic) bond motifs is 1. The minimum Gasteiger partial charge on any atom is -0.374 e. The predicted molar refractivity (Wildman–Crippen MR) is 128 cm³/mol. The van der Waals surface area contributed by atoms with Gasteiger partial charge in [0.25, 0.3) is 0 Å². The summed E-state index contributed by atoms with van der Waals surface area (Å²) in [5.41, 5.74) is 3.04. The molecule has 0 unspecified atom stereocenters. The Morgan fingerprint density at radius 3 is 2.69 bits per heavy atom. The van der Waals surface area contributed by atoms with Crippen LogP contribution in [0.3, 0.4) is 0 Å². The van der Waals surface area contributed by atoms with E-state index in [2.05, 4.69) is 15.3 Å². The Morgan fingerprint density at radius 2 is 2.00 bits per heavy atom. The van der Waals surface area contributed by atoms with Crippen LogP contribution >= 0.6 is 11.6 Å². The number of carbonyl (C=O) groups excluding carboxylic acids is 1. The fraction of sp³-hybridized carbons (Fsp3) is 0.348. The van der Waals surface area contributed by atoms with Gasteiger partial charge in [-0.25, -0.2) is 18.4 Å². The second kappa shape index (κ2) is 9.83. The normalized spacial score (nSPS) is 14.0. The van der Waals surface area contributed by atoms with Crippen LogP contribution in [0.1, 0.15) is 54.6 Å². The smallest absolute Gasteiger partial charge is 0.198 e. The molecule has 0 saturated heterocycles. The largest absolute Gasteiger partial charge is 0.374 e. The molecular weight excluding hydrogens is 448 g/mol. The van der Waals surface area contributed by atoms with Crippen molar-refractivity contribution in [2.45, 2.75) is 39.7 Å². The molecule has 32 heavy (non-hydrogen) atoms. The zero-order chi connectivity index (χ0) is 23.5. The molecule has 0 amide bonds. The van der Waals surface area contributed by atoms with Crippen molar-refractivity contribution in [1.29, 1.82) is 0 Å². The van der Waals surface area contributed by atoms with Gasteiger partial charge in [-0.15, -0.1) is 0 Å². The Hall–Kier alpha value is -2.71. The van der Waals surface area contributed by atoms with Gasteiger partial charge in [0.2, 0.25) is 0 Å². The number of hydrogen-bond acceptors (Lipinski definition) is 6. The number of aromatic nitrogens is 3. The second-order valence-electron chi connectivity index (χ2n) is 8.06. The van der Waals surface area contributed by atoms with Crippen molar-refractivity contribution < 1.29 is 13.2 Å². The summed E-state index contributed by atoms with van der Waals surface area (Å²) in [6, 6.07) is 7.53. The first-order valence-electron chi connectivity index (χ1n) is 10.3. The van der Waals surface area contributed by atoms with E-state index in [1.165, 1.54) is 5.41 Å². The molecule has 0 radical (unpaired) electrons. The molecule has 7 nitrogen and oxygen atoms in total. The summed E-state index contributed by atoms with van der Waals surface area (Å²) in [5.74, 6) is 0.125. The maximum absolute atomic E-state index is 12.9. The fourth-order valence-corrected chi connectivity index (χ4v) is 4.24. The molecular formula is C23H27ClN4O3S. The molecule has 0 aliphatic carbocycles. The van der Waals surface area contributed by atoms with Gasteiger partial charge in [0.15, 0.2) is 27.1 Å². The van der Waals surface area contributed by atoms with Crippen LogP contribution in [0.2, 0.25) is 5.02 Å². The van der Waals surface area contributed by atoms with Gasteiger partial charge in [0.1, 0.15) is 0 Å². The van der Waals surface area contributed by atoms with E-state index in [9.17, 15) is 13.2 Å². The van der Waals surface area contributed by atoms with Crippen LogP contribution in [-0.4, -0.2) is 34.8 Å². The third-order valence-electron chi connectivity index (χ3n) is 5.09. The van der Waals surface area contributed by atoms with Crippen LogP contribution in [0.15, 0.2) is 48.1 Å². The van der Waals surface area contributed by atoms with E-state index in [0.29, 0.717) is 28.6 Å². The SMILES string of the molecule is Cc1cn2c(C(=O)CC[C@H](C)/C=C/S(C)(=O)=O)ncc(N[C@@H](C)c3ccccc3Cl)c2n1. The van der Waals surface area contributed by atoms with Crippen molar-refractivity contribution in [3.63, 3.8) is 0 Å². The Kier molecular flexibility index (Phi) is 7.36. The van der Waals surface area contributed by atoms with Gasteiger partial charge >= 0.3 is 0 Å². The van der Waals surface area contributed by atoms with Crippen LogP contribution in [-0.2, 0) is 9.84 Å². The van der Waals surface area contributed by atoms with Crippen molar-refractivity contribution >= 4 is 38.6 Å². The van der Waals surface area contributed by atoms with E-state index in [4.69, 9.17) is 11.6 Å². The molecule has 170 valence electrons. The van der Waals surface area contributed by atoms with Crippen molar-refractivity contribution in [1.82, 2.24) is 14.4 Å². The standard InChI is InChI=1S/C23H27ClN4O3S/c1-15(11-12-32(4,30)31)9-10-21(29)23-25-13-20(22-26-16(2)14-28(22)23)27-17(3)18-7-5-6-8-19(18)24/h5-8,11-15,17,27H,9-10H2,1-4H3/b12-11+/t15-,17-/m0/s1. The van der Waals surface area contributed by atoms with Crippen LogP contribution in [0.5, 0.6) is 0 Å². The summed E-state index contributed by atoms with van der Waals surface area (Å²) in [7, 11) is -3.18. The van der Waals surface area contributed by atoms with Crippen molar-refractivity contribution in [3.8, 4) is 0 Å². The van der Waals surface area contributed by atoms with Gasteiger partial charge < -0.3 is 5.32 Å². The number of nitrogens with one attached hydrogen (secondary N) is 1. The molecule has 0 aliphatic heterocycles. The quantitative estimate of drug-likeness (QED) is 0.437. The van der Waals surface area contributed by atoms with E-state index in [1.54, 1.807) is 22.9 Å².